The number of carbonyl (C=O) groups is 1. The van der Waals surface area contributed by atoms with Crippen LogP contribution in [0.25, 0.3) is 0 Å². The lowest BCUT2D eigenvalue weighted by molar-refractivity contribution is -0.275. The van der Waals surface area contributed by atoms with Gasteiger partial charge in [-0.25, -0.2) is 14.4 Å². The minimum atomic E-state index is -4.94. The molecule has 2 aromatic rings. The second kappa shape index (κ2) is 9.52. The third-order valence-electron chi connectivity index (χ3n) is 6.76. The van der Waals surface area contributed by atoms with E-state index < -0.39 is 51.1 Å². The Bertz CT molecular complexity index is 1350. The van der Waals surface area contributed by atoms with Crippen molar-refractivity contribution in [3.8, 4) is 6.07 Å². The van der Waals surface area contributed by atoms with E-state index in [0.29, 0.717) is 37.3 Å². The van der Waals surface area contributed by atoms with E-state index in [1.165, 1.54) is 11.1 Å². The van der Waals surface area contributed by atoms with Crippen LogP contribution >= 0.6 is 23.2 Å². The summed E-state index contributed by atoms with van der Waals surface area (Å²) in [7, 11) is 0. The third kappa shape index (κ3) is 4.50. The van der Waals surface area contributed by atoms with E-state index in [1.807, 2.05) is 0 Å². The van der Waals surface area contributed by atoms with Crippen LogP contribution in [0.3, 0.4) is 0 Å². The van der Waals surface area contributed by atoms with Gasteiger partial charge in [-0.1, -0.05) is 28.4 Å². The number of aromatic nitrogens is 2. The maximum Gasteiger partial charge on any atom is 0.435 e. The predicted molar refractivity (Wildman–Crippen MR) is 124 cm³/mol. The molecule has 0 bridgehead atoms. The molecule has 4 heterocycles. The Morgan fingerprint density at radius 2 is 1.87 bits per heavy atom. The van der Waals surface area contributed by atoms with Crippen LogP contribution in [0.2, 0.25) is 10.0 Å². The van der Waals surface area contributed by atoms with Gasteiger partial charge in [0.1, 0.15) is 11.4 Å². The highest BCUT2D eigenvalue weighted by molar-refractivity contribution is 6.35. The van der Waals surface area contributed by atoms with Crippen LogP contribution in [0.4, 0.5) is 17.6 Å². The summed E-state index contributed by atoms with van der Waals surface area (Å²) < 4.78 is 62.0. The second-order valence-corrected chi connectivity index (χ2v) is 9.95. The Labute approximate surface area is 223 Å². The molecule has 1 unspecified atom stereocenters. The molecule has 9 nitrogen and oxygen atoms in total. The van der Waals surface area contributed by atoms with Crippen LogP contribution in [0.1, 0.15) is 46.7 Å². The number of rotatable bonds is 3. The molecule has 0 radical (unpaired) electrons. The SMILES string of the molecule is N#CC1(NC(=O)c2ncc3c(n2)CN(C2=NOC(c4cc(Cl)c(F)c(Cl)c4)(C(F)(F)F)C2)C3)CCOCC1. The summed E-state index contributed by atoms with van der Waals surface area (Å²) in [6.45, 7) is 0.815. The summed E-state index contributed by atoms with van der Waals surface area (Å²) in [5, 5.41) is 14.8. The van der Waals surface area contributed by atoms with Gasteiger partial charge in [-0.05, 0) is 12.1 Å². The van der Waals surface area contributed by atoms with Crippen molar-refractivity contribution in [2.75, 3.05) is 13.2 Å². The Morgan fingerprint density at radius 3 is 2.50 bits per heavy atom. The number of alkyl halides is 3. The van der Waals surface area contributed by atoms with Gasteiger partial charge in [0.25, 0.3) is 11.5 Å². The van der Waals surface area contributed by atoms with Crippen LogP contribution in [-0.4, -0.2) is 51.5 Å². The molecule has 38 heavy (non-hydrogen) atoms. The number of carbonyl (C=O) groups excluding carboxylic acids is 1. The van der Waals surface area contributed by atoms with Gasteiger partial charge in [0.05, 0.1) is 34.8 Å². The van der Waals surface area contributed by atoms with Crippen LogP contribution < -0.4 is 5.32 Å². The van der Waals surface area contributed by atoms with E-state index in [-0.39, 0.29) is 24.7 Å². The lowest BCUT2D eigenvalue weighted by atomic mass is 9.89. The fourth-order valence-corrected chi connectivity index (χ4v) is 5.04. The number of fused-ring (bicyclic) bond motifs is 1. The van der Waals surface area contributed by atoms with E-state index in [1.54, 1.807) is 0 Å². The molecule has 0 aliphatic carbocycles. The molecule has 1 atom stereocenters. The Kier molecular flexibility index (Phi) is 6.61. The summed E-state index contributed by atoms with van der Waals surface area (Å²) >= 11 is 11.5. The summed E-state index contributed by atoms with van der Waals surface area (Å²) in [5.74, 6) is -1.89. The van der Waals surface area contributed by atoms with Crippen LogP contribution in [0.5, 0.6) is 0 Å². The van der Waals surface area contributed by atoms with Gasteiger partial charge < -0.3 is 19.8 Å². The van der Waals surface area contributed by atoms with Crippen LogP contribution in [-0.2, 0) is 28.3 Å². The van der Waals surface area contributed by atoms with Crippen molar-refractivity contribution < 1.29 is 31.9 Å². The minimum absolute atomic E-state index is 0.0338. The van der Waals surface area contributed by atoms with E-state index in [2.05, 4.69) is 26.5 Å². The van der Waals surface area contributed by atoms with Gasteiger partial charge in [-0.15, -0.1) is 0 Å². The molecule has 0 spiro atoms. The number of hydrogen-bond donors (Lipinski definition) is 1. The van der Waals surface area contributed by atoms with E-state index in [4.69, 9.17) is 32.8 Å². The minimum Gasteiger partial charge on any atom is -0.381 e. The number of amidine groups is 1. The fourth-order valence-electron chi connectivity index (χ4n) is 4.55. The number of oxime groups is 1. The smallest absolute Gasteiger partial charge is 0.381 e. The van der Waals surface area contributed by atoms with Crippen molar-refractivity contribution in [1.29, 1.82) is 5.26 Å². The van der Waals surface area contributed by atoms with Crippen LogP contribution in [0, 0.1) is 17.1 Å². The van der Waals surface area contributed by atoms with Crippen molar-refractivity contribution in [2.45, 2.75) is 49.7 Å². The quantitative estimate of drug-likeness (QED) is 0.432. The number of nitriles is 1. The number of benzene rings is 1. The number of amides is 1. The van der Waals surface area contributed by atoms with Gasteiger partial charge in [0, 0.05) is 49.9 Å². The maximum absolute atomic E-state index is 14.3. The molecule has 1 fully saturated rings. The number of nitrogens with zero attached hydrogens (tertiary/aromatic N) is 5. The Balaban J connectivity index is 1.34. The highest BCUT2D eigenvalue weighted by Gasteiger charge is 2.63. The summed E-state index contributed by atoms with van der Waals surface area (Å²) in [6.07, 6.45) is -3.62. The van der Waals surface area contributed by atoms with E-state index in [9.17, 15) is 27.6 Å². The highest BCUT2D eigenvalue weighted by atomic mass is 35.5. The van der Waals surface area contributed by atoms with E-state index >= 15 is 0 Å². The largest absolute Gasteiger partial charge is 0.435 e. The average molecular weight is 573 g/mol. The standard InChI is InChI=1S/C23H18Cl2F4N6O3/c24-14-5-13(6-15(25)18(14)26)22(23(27,28)29)7-17(34-38-22)35-9-12-8-31-19(32-16(12)10-35)20(36)33-21(11-30)1-3-37-4-2-21/h5-6,8H,1-4,7,9-10H2,(H,33,36). The molecular weight excluding hydrogens is 555 g/mol. The molecule has 5 rings (SSSR count). The first-order valence-electron chi connectivity index (χ1n) is 11.3. The lowest BCUT2D eigenvalue weighted by Gasteiger charge is -2.31. The number of halogens is 6. The Hall–Kier alpha value is -3.21. The maximum atomic E-state index is 14.3. The zero-order valence-corrected chi connectivity index (χ0v) is 20.9. The number of hydrogen-bond acceptors (Lipinski definition) is 8. The molecule has 1 aromatic carbocycles. The van der Waals surface area contributed by atoms with Gasteiger partial charge in [-0.2, -0.15) is 18.4 Å². The van der Waals surface area contributed by atoms with E-state index in [0.717, 1.165) is 12.1 Å². The molecule has 1 saturated heterocycles. The normalized spacial score (nSPS) is 22.3. The average Bonchev–Trinajstić information content (AvgIpc) is 3.52. The monoisotopic (exact) mass is 572 g/mol. The highest BCUT2D eigenvalue weighted by Crippen LogP contribution is 2.50. The third-order valence-corrected chi connectivity index (χ3v) is 7.31. The van der Waals surface area contributed by atoms with Crippen molar-refractivity contribution in [1.82, 2.24) is 20.2 Å². The van der Waals surface area contributed by atoms with Gasteiger partial charge >= 0.3 is 6.18 Å². The Morgan fingerprint density at radius 1 is 1.18 bits per heavy atom. The first-order chi connectivity index (χ1) is 18.0. The van der Waals surface area contributed by atoms with Gasteiger partial charge in [-0.3, -0.25) is 4.79 Å². The van der Waals surface area contributed by atoms with Gasteiger partial charge in [0.2, 0.25) is 5.82 Å². The molecule has 200 valence electrons. The number of ether oxygens (including phenoxy) is 1. The molecule has 0 saturated carbocycles. The molecule has 1 amide bonds. The zero-order valence-electron chi connectivity index (χ0n) is 19.4. The van der Waals surface area contributed by atoms with Crippen molar-refractivity contribution in [2.24, 2.45) is 5.16 Å². The lowest BCUT2D eigenvalue weighted by Crippen LogP contribution is -2.51. The summed E-state index contributed by atoms with van der Waals surface area (Å²) in [4.78, 5) is 27.6. The summed E-state index contributed by atoms with van der Waals surface area (Å²) in [5.41, 5.74) is -3.50. The molecular formula is C23H18Cl2F4N6O3. The first kappa shape index (κ1) is 26.4. The zero-order chi connectivity index (χ0) is 27.3. The van der Waals surface area contributed by atoms with Gasteiger partial charge in [0.15, 0.2) is 5.82 Å². The first-order valence-corrected chi connectivity index (χ1v) is 12.1. The molecule has 15 heteroatoms. The van der Waals surface area contributed by atoms with Crippen molar-refractivity contribution in [3.63, 3.8) is 0 Å². The molecule has 3 aliphatic heterocycles. The molecule has 1 aromatic heterocycles. The summed E-state index contributed by atoms with van der Waals surface area (Å²) in [6, 6.07) is 3.75. The topological polar surface area (TPSA) is 113 Å². The number of nitrogens with one attached hydrogen (secondary N) is 1. The van der Waals surface area contributed by atoms with Crippen LogP contribution in [0.15, 0.2) is 23.5 Å². The van der Waals surface area contributed by atoms with Crippen molar-refractivity contribution >= 4 is 34.9 Å². The second-order valence-electron chi connectivity index (χ2n) is 9.14. The molecule has 1 N–H and O–H groups in total. The van der Waals surface area contributed by atoms with Crippen molar-refractivity contribution in [3.05, 3.63) is 56.8 Å². The predicted octanol–water partition coefficient (Wildman–Crippen LogP) is 4.23. The fraction of sp³-hybridized carbons (Fsp3) is 0.435. The molecule has 3 aliphatic rings.